The molecule has 0 spiro atoms. The molecule has 138 valence electrons. The van der Waals surface area contributed by atoms with Crippen molar-refractivity contribution in [2.45, 2.75) is 38.6 Å². The number of amides is 1. The number of benzene rings is 1. The quantitative estimate of drug-likeness (QED) is 0.875. The second-order valence-corrected chi connectivity index (χ2v) is 6.27. The Morgan fingerprint density at radius 2 is 1.64 bits per heavy atom. The summed E-state index contributed by atoms with van der Waals surface area (Å²) in [6, 6.07) is 5.37. The van der Waals surface area contributed by atoms with Gasteiger partial charge in [-0.25, -0.2) is 0 Å². The van der Waals surface area contributed by atoms with Crippen LogP contribution in [0.25, 0.3) is 0 Å². The molecule has 0 heterocycles. The zero-order chi connectivity index (χ0) is 18.6. The van der Waals surface area contributed by atoms with E-state index in [4.69, 9.17) is 5.11 Å². The highest BCUT2D eigenvalue weighted by atomic mass is 19.4. The third kappa shape index (κ3) is 5.65. The van der Waals surface area contributed by atoms with Gasteiger partial charge in [0, 0.05) is 19.5 Å². The second kappa shape index (κ2) is 7.76. The van der Waals surface area contributed by atoms with Crippen LogP contribution in [0.15, 0.2) is 24.3 Å². The molecule has 2 rings (SSSR count). The number of hydrogen-bond donors (Lipinski definition) is 1. The van der Waals surface area contributed by atoms with Crippen LogP contribution in [0.2, 0.25) is 0 Å². The van der Waals surface area contributed by atoms with E-state index in [0.717, 1.165) is 0 Å². The van der Waals surface area contributed by atoms with Gasteiger partial charge >= 0.3 is 12.3 Å². The number of halogens is 3. The van der Waals surface area contributed by atoms with Crippen molar-refractivity contribution in [3.63, 3.8) is 0 Å². The Hall–Kier alpha value is -2.25. The minimum atomic E-state index is -4.73. The maximum absolute atomic E-state index is 12.4. The van der Waals surface area contributed by atoms with Crippen molar-refractivity contribution in [2.24, 2.45) is 11.8 Å². The van der Waals surface area contributed by atoms with Crippen molar-refractivity contribution < 1.29 is 32.6 Å². The Labute approximate surface area is 143 Å². The first-order valence-corrected chi connectivity index (χ1v) is 7.98. The highest BCUT2D eigenvalue weighted by molar-refractivity contribution is 5.79. The van der Waals surface area contributed by atoms with Crippen molar-refractivity contribution in [3.8, 4) is 5.75 Å². The fourth-order valence-corrected chi connectivity index (χ4v) is 3.05. The lowest BCUT2D eigenvalue weighted by atomic mass is 9.81. The molecule has 1 aliphatic rings. The van der Waals surface area contributed by atoms with E-state index in [0.29, 0.717) is 31.2 Å². The molecule has 1 aromatic carbocycles. The largest absolute Gasteiger partial charge is 0.573 e. The molecule has 1 aromatic rings. The van der Waals surface area contributed by atoms with Crippen molar-refractivity contribution in [1.29, 1.82) is 0 Å². The fourth-order valence-electron chi connectivity index (χ4n) is 3.05. The van der Waals surface area contributed by atoms with Crippen molar-refractivity contribution in [1.82, 2.24) is 4.90 Å². The van der Waals surface area contributed by atoms with E-state index < -0.39 is 12.3 Å². The molecule has 1 N–H and O–H groups in total. The van der Waals surface area contributed by atoms with Gasteiger partial charge in [-0.2, -0.15) is 0 Å². The number of nitrogens with zero attached hydrogens (tertiary/aromatic N) is 1. The zero-order valence-electron chi connectivity index (χ0n) is 13.8. The van der Waals surface area contributed by atoms with Crippen molar-refractivity contribution in [2.75, 3.05) is 7.05 Å². The van der Waals surface area contributed by atoms with Crippen LogP contribution in [0, 0.1) is 11.8 Å². The van der Waals surface area contributed by atoms with Crippen LogP contribution in [-0.2, 0) is 16.1 Å². The van der Waals surface area contributed by atoms with Crippen LogP contribution in [0.3, 0.4) is 0 Å². The second-order valence-electron chi connectivity index (χ2n) is 6.27. The predicted octanol–water partition coefficient (Wildman–Crippen LogP) is 3.43. The van der Waals surface area contributed by atoms with Gasteiger partial charge in [-0.1, -0.05) is 12.1 Å². The van der Waals surface area contributed by atoms with E-state index >= 15 is 0 Å². The number of carboxylic acid groups (broad SMARTS) is 1. The van der Waals surface area contributed by atoms with E-state index in [-0.39, 0.29) is 30.0 Å². The SMILES string of the molecule is CN(Cc1ccc(OC(F)(F)F)cc1)C(=O)C1CCC(C(=O)O)CC1. The number of carboxylic acids is 1. The third-order valence-corrected chi connectivity index (χ3v) is 4.38. The molecule has 0 aromatic heterocycles. The number of rotatable bonds is 5. The standard InChI is InChI=1S/C17H20F3NO4/c1-21(15(22)12-4-6-13(7-5-12)16(23)24)10-11-2-8-14(9-3-11)25-17(18,19)20/h2-3,8-9,12-13H,4-7,10H2,1H3,(H,23,24). The van der Waals surface area contributed by atoms with E-state index in [1.54, 1.807) is 7.05 Å². The lowest BCUT2D eigenvalue weighted by molar-refractivity contribution is -0.274. The van der Waals surface area contributed by atoms with Crippen LogP contribution in [0.4, 0.5) is 13.2 Å². The van der Waals surface area contributed by atoms with Gasteiger partial charge in [-0.15, -0.1) is 13.2 Å². The molecule has 8 heteroatoms. The van der Waals surface area contributed by atoms with Gasteiger partial charge < -0.3 is 14.7 Å². The summed E-state index contributed by atoms with van der Waals surface area (Å²) in [6.07, 6.45) is -2.67. The van der Waals surface area contributed by atoms with Gasteiger partial charge in [0.05, 0.1) is 5.92 Å². The monoisotopic (exact) mass is 359 g/mol. The molecule has 0 atom stereocenters. The molecule has 1 saturated carbocycles. The summed E-state index contributed by atoms with van der Waals surface area (Å²) in [5.74, 6) is -1.78. The lowest BCUT2D eigenvalue weighted by Crippen LogP contribution is -2.35. The first-order valence-electron chi connectivity index (χ1n) is 7.98. The summed E-state index contributed by atoms with van der Waals surface area (Å²) in [7, 11) is 1.63. The van der Waals surface area contributed by atoms with E-state index in [9.17, 15) is 22.8 Å². The van der Waals surface area contributed by atoms with Crippen LogP contribution < -0.4 is 4.74 Å². The Morgan fingerprint density at radius 1 is 1.12 bits per heavy atom. The maximum Gasteiger partial charge on any atom is 0.573 e. The Balaban J connectivity index is 1.88. The van der Waals surface area contributed by atoms with Crippen LogP contribution in [0.1, 0.15) is 31.2 Å². The molecule has 1 fully saturated rings. The van der Waals surface area contributed by atoms with Gasteiger partial charge in [0.1, 0.15) is 5.75 Å². The van der Waals surface area contributed by atoms with E-state index in [1.807, 2.05) is 0 Å². The molecule has 0 unspecified atom stereocenters. The highest BCUT2D eigenvalue weighted by Gasteiger charge is 2.32. The molecule has 1 aliphatic carbocycles. The van der Waals surface area contributed by atoms with Crippen LogP contribution >= 0.6 is 0 Å². The third-order valence-electron chi connectivity index (χ3n) is 4.38. The number of carbonyl (C=O) groups is 2. The lowest BCUT2D eigenvalue weighted by Gasteiger charge is -2.29. The smallest absolute Gasteiger partial charge is 0.481 e. The predicted molar refractivity (Wildman–Crippen MR) is 82.7 cm³/mol. The van der Waals surface area contributed by atoms with Gasteiger partial charge in [0.2, 0.25) is 5.91 Å². The summed E-state index contributed by atoms with van der Waals surface area (Å²) in [5.41, 5.74) is 0.685. The summed E-state index contributed by atoms with van der Waals surface area (Å²) in [5, 5.41) is 8.98. The first-order chi connectivity index (χ1) is 11.7. The number of hydrogen-bond acceptors (Lipinski definition) is 3. The average Bonchev–Trinajstić information content (AvgIpc) is 2.54. The number of ether oxygens (including phenoxy) is 1. The zero-order valence-corrected chi connectivity index (χ0v) is 13.8. The molecular formula is C17H20F3NO4. The summed E-state index contributed by atoms with van der Waals surface area (Å²) < 4.78 is 40.2. The maximum atomic E-state index is 12.4. The highest BCUT2D eigenvalue weighted by Crippen LogP contribution is 2.30. The molecule has 5 nitrogen and oxygen atoms in total. The molecule has 0 radical (unpaired) electrons. The number of carbonyl (C=O) groups excluding carboxylic acids is 1. The normalized spacial score (nSPS) is 20.8. The fraction of sp³-hybridized carbons (Fsp3) is 0.529. The van der Waals surface area contributed by atoms with Gasteiger partial charge in [-0.05, 0) is 43.4 Å². The average molecular weight is 359 g/mol. The van der Waals surface area contributed by atoms with Gasteiger partial charge in [-0.3, -0.25) is 9.59 Å². The topological polar surface area (TPSA) is 66.8 Å². The van der Waals surface area contributed by atoms with Crippen LogP contribution in [0.5, 0.6) is 5.75 Å². The molecule has 0 aliphatic heterocycles. The molecule has 25 heavy (non-hydrogen) atoms. The summed E-state index contributed by atoms with van der Waals surface area (Å²) >= 11 is 0. The molecule has 1 amide bonds. The minimum absolute atomic E-state index is 0.0699. The number of alkyl halides is 3. The van der Waals surface area contributed by atoms with Crippen LogP contribution in [-0.4, -0.2) is 35.3 Å². The Bertz CT molecular complexity index is 607. The van der Waals surface area contributed by atoms with Gasteiger partial charge in [0.25, 0.3) is 0 Å². The Morgan fingerprint density at radius 3 is 2.12 bits per heavy atom. The summed E-state index contributed by atoms with van der Waals surface area (Å²) in [6.45, 7) is 0.268. The molecule has 0 saturated heterocycles. The number of aliphatic carboxylic acids is 1. The van der Waals surface area contributed by atoms with Gasteiger partial charge in [0.15, 0.2) is 0 Å². The first kappa shape index (κ1) is 19.1. The Kier molecular flexibility index (Phi) is 5.92. The summed E-state index contributed by atoms with van der Waals surface area (Å²) in [4.78, 5) is 24.9. The van der Waals surface area contributed by atoms with Crippen molar-refractivity contribution in [3.05, 3.63) is 29.8 Å². The van der Waals surface area contributed by atoms with E-state index in [1.165, 1.54) is 29.2 Å². The van der Waals surface area contributed by atoms with E-state index in [2.05, 4.69) is 4.74 Å². The molecule has 0 bridgehead atoms. The molecular weight excluding hydrogens is 339 g/mol. The minimum Gasteiger partial charge on any atom is -0.481 e. The van der Waals surface area contributed by atoms with Crippen molar-refractivity contribution >= 4 is 11.9 Å².